The second-order valence-corrected chi connectivity index (χ2v) is 7.17. The first-order chi connectivity index (χ1) is 13.5. The zero-order chi connectivity index (χ0) is 19.8. The second kappa shape index (κ2) is 7.03. The molecule has 4 aromatic rings. The summed E-state index contributed by atoms with van der Waals surface area (Å²) in [6.07, 6.45) is 1.66. The van der Waals surface area contributed by atoms with Crippen LogP contribution in [0.2, 0.25) is 0 Å². The van der Waals surface area contributed by atoms with Crippen molar-refractivity contribution in [3.8, 4) is 0 Å². The molecule has 0 aliphatic carbocycles. The van der Waals surface area contributed by atoms with Gasteiger partial charge in [-0.25, -0.2) is 0 Å². The van der Waals surface area contributed by atoms with Crippen LogP contribution in [0.4, 0.5) is 0 Å². The van der Waals surface area contributed by atoms with Crippen molar-refractivity contribution in [1.29, 1.82) is 0 Å². The average molecular weight is 376 g/mol. The Morgan fingerprint density at radius 3 is 2.68 bits per heavy atom. The molecular formula is C22H24N4O2. The fourth-order valence-electron chi connectivity index (χ4n) is 3.63. The van der Waals surface area contributed by atoms with Crippen molar-refractivity contribution >= 4 is 17.0 Å². The number of aryl methyl sites for hydroxylation is 3. The summed E-state index contributed by atoms with van der Waals surface area (Å²) >= 11 is 0. The lowest BCUT2D eigenvalue weighted by molar-refractivity contribution is 0.0942. The highest BCUT2D eigenvalue weighted by Crippen LogP contribution is 2.23. The second-order valence-electron chi connectivity index (χ2n) is 7.17. The minimum Gasteiger partial charge on any atom is -0.463 e. The first kappa shape index (κ1) is 18.1. The Hall–Kier alpha value is -3.28. The molecule has 1 amide bonds. The van der Waals surface area contributed by atoms with Gasteiger partial charge in [-0.3, -0.25) is 9.48 Å². The van der Waals surface area contributed by atoms with Crippen molar-refractivity contribution in [2.45, 2.75) is 33.9 Å². The van der Waals surface area contributed by atoms with E-state index in [1.807, 2.05) is 54.4 Å². The van der Waals surface area contributed by atoms with Crippen LogP contribution in [0.3, 0.4) is 0 Å². The lowest BCUT2D eigenvalue weighted by atomic mass is 10.1. The lowest BCUT2D eigenvalue weighted by Crippen LogP contribution is -2.26. The van der Waals surface area contributed by atoms with Gasteiger partial charge in [-0.05, 0) is 31.9 Å². The largest absolute Gasteiger partial charge is 0.463 e. The maximum Gasteiger partial charge on any atom is 0.268 e. The number of nitrogens with zero attached hydrogens (tertiary/aromatic N) is 3. The van der Waals surface area contributed by atoms with E-state index in [-0.39, 0.29) is 5.91 Å². The molecule has 0 aliphatic heterocycles. The summed E-state index contributed by atoms with van der Waals surface area (Å²) in [4.78, 5) is 13.0. The molecule has 28 heavy (non-hydrogen) atoms. The Morgan fingerprint density at radius 1 is 1.18 bits per heavy atom. The van der Waals surface area contributed by atoms with Crippen LogP contribution >= 0.6 is 0 Å². The summed E-state index contributed by atoms with van der Waals surface area (Å²) in [5, 5.41) is 7.46. The van der Waals surface area contributed by atoms with Crippen LogP contribution < -0.4 is 5.32 Å². The standard InChI is InChI=1S/C22H24N4O2/c1-14-7-5-6-8-17(14)13-26-19-9-10-28-21(19)11-20(26)22(27)23-12-18-15(2)24-25(4)16(18)3/h5-11H,12-13H2,1-4H3,(H,23,27). The number of benzene rings is 1. The Kier molecular flexibility index (Phi) is 4.55. The Bertz CT molecular complexity index is 1160. The minimum absolute atomic E-state index is 0.123. The smallest absolute Gasteiger partial charge is 0.268 e. The van der Waals surface area contributed by atoms with Crippen LogP contribution in [0.5, 0.6) is 0 Å². The van der Waals surface area contributed by atoms with E-state index in [4.69, 9.17) is 4.42 Å². The van der Waals surface area contributed by atoms with E-state index < -0.39 is 0 Å². The van der Waals surface area contributed by atoms with Crippen LogP contribution in [0.15, 0.2) is 47.1 Å². The normalized spacial score (nSPS) is 11.3. The monoisotopic (exact) mass is 376 g/mol. The van der Waals surface area contributed by atoms with Crippen molar-refractivity contribution in [3.05, 3.63) is 76.4 Å². The van der Waals surface area contributed by atoms with Gasteiger partial charge in [0.25, 0.3) is 5.91 Å². The molecule has 0 aliphatic rings. The van der Waals surface area contributed by atoms with Gasteiger partial charge in [0.15, 0.2) is 5.58 Å². The maximum absolute atomic E-state index is 13.0. The predicted molar refractivity (Wildman–Crippen MR) is 108 cm³/mol. The molecule has 0 bridgehead atoms. The van der Waals surface area contributed by atoms with Crippen LogP contribution in [0.25, 0.3) is 11.1 Å². The highest BCUT2D eigenvalue weighted by Gasteiger charge is 2.19. The number of aromatic nitrogens is 3. The third kappa shape index (κ3) is 3.11. The summed E-state index contributed by atoms with van der Waals surface area (Å²) in [5.41, 5.74) is 7.64. The van der Waals surface area contributed by atoms with Crippen LogP contribution in [0, 0.1) is 20.8 Å². The van der Waals surface area contributed by atoms with E-state index in [1.54, 1.807) is 6.26 Å². The molecule has 1 N–H and O–H groups in total. The van der Waals surface area contributed by atoms with Crippen molar-refractivity contribution in [1.82, 2.24) is 19.7 Å². The molecule has 0 radical (unpaired) electrons. The van der Waals surface area contributed by atoms with Gasteiger partial charge in [0, 0.05) is 43.5 Å². The summed E-state index contributed by atoms with van der Waals surface area (Å²) in [6, 6.07) is 11.9. The topological polar surface area (TPSA) is 65.0 Å². The average Bonchev–Trinajstić information content (AvgIpc) is 3.31. The van der Waals surface area contributed by atoms with Gasteiger partial charge in [-0.2, -0.15) is 5.10 Å². The molecule has 6 heteroatoms. The van der Waals surface area contributed by atoms with E-state index in [0.29, 0.717) is 24.4 Å². The quantitative estimate of drug-likeness (QED) is 0.575. The van der Waals surface area contributed by atoms with E-state index in [0.717, 1.165) is 22.5 Å². The van der Waals surface area contributed by atoms with E-state index >= 15 is 0 Å². The number of carbonyl (C=O) groups is 1. The number of fused-ring (bicyclic) bond motifs is 1. The van der Waals surface area contributed by atoms with Crippen molar-refractivity contribution in [2.75, 3.05) is 0 Å². The van der Waals surface area contributed by atoms with Crippen molar-refractivity contribution < 1.29 is 9.21 Å². The zero-order valence-electron chi connectivity index (χ0n) is 16.6. The number of hydrogen-bond acceptors (Lipinski definition) is 3. The van der Waals surface area contributed by atoms with Gasteiger partial charge in [-0.1, -0.05) is 24.3 Å². The van der Waals surface area contributed by atoms with Gasteiger partial charge in [0.2, 0.25) is 0 Å². The third-order valence-electron chi connectivity index (χ3n) is 5.43. The molecule has 0 fully saturated rings. The number of hydrogen-bond donors (Lipinski definition) is 1. The maximum atomic E-state index is 13.0. The first-order valence-electron chi connectivity index (χ1n) is 9.34. The van der Waals surface area contributed by atoms with Gasteiger partial charge in [0.05, 0.1) is 17.5 Å². The number of carbonyl (C=O) groups excluding carboxylic acids is 1. The Balaban J connectivity index is 1.63. The Labute approximate surface area is 163 Å². The van der Waals surface area contributed by atoms with E-state index in [1.165, 1.54) is 11.1 Å². The molecule has 3 aromatic heterocycles. The number of amides is 1. The van der Waals surface area contributed by atoms with Crippen LogP contribution in [-0.4, -0.2) is 20.3 Å². The van der Waals surface area contributed by atoms with Gasteiger partial charge < -0.3 is 14.3 Å². The molecule has 0 spiro atoms. The molecule has 4 rings (SSSR count). The molecule has 0 saturated carbocycles. The fraction of sp³-hybridized carbons (Fsp3) is 0.273. The molecule has 0 unspecified atom stereocenters. The van der Waals surface area contributed by atoms with Crippen molar-refractivity contribution in [3.63, 3.8) is 0 Å². The first-order valence-corrected chi connectivity index (χ1v) is 9.34. The molecular weight excluding hydrogens is 352 g/mol. The Morgan fingerprint density at radius 2 is 1.96 bits per heavy atom. The van der Waals surface area contributed by atoms with E-state index in [2.05, 4.69) is 29.5 Å². The number of nitrogens with one attached hydrogen (secondary N) is 1. The minimum atomic E-state index is -0.123. The van der Waals surface area contributed by atoms with Gasteiger partial charge in [0.1, 0.15) is 5.69 Å². The summed E-state index contributed by atoms with van der Waals surface area (Å²) in [6.45, 7) is 7.11. The van der Waals surface area contributed by atoms with Gasteiger partial charge >= 0.3 is 0 Å². The highest BCUT2D eigenvalue weighted by molar-refractivity contribution is 5.97. The van der Waals surface area contributed by atoms with Gasteiger partial charge in [-0.15, -0.1) is 0 Å². The molecule has 3 heterocycles. The molecule has 1 aromatic carbocycles. The summed E-state index contributed by atoms with van der Waals surface area (Å²) in [7, 11) is 1.91. The molecule has 0 atom stereocenters. The number of rotatable bonds is 5. The van der Waals surface area contributed by atoms with Crippen molar-refractivity contribution in [2.24, 2.45) is 7.05 Å². The molecule has 0 saturated heterocycles. The predicted octanol–water partition coefficient (Wildman–Crippen LogP) is 3.87. The van der Waals surface area contributed by atoms with Crippen LogP contribution in [-0.2, 0) is 20.1 Å². The zero-order valence-corrected chi connectivity index (χ0v) is 16.6. The molecule has 144 valence electrons. The van der Waals surface area contributed by atoms with E-state index in [9.17, 15) is 4.79 Å². The highest BCUT2D eigenvalue weighted by atomic mass is 16.3. The number of furan rings is 1. The SMILES string of the molecule is Cc1ccccc1Cn1c(C(=O)NCc2c(C)nn(C)c2C)cc2occc21. The lowest BCUT2D eigenvalue weighted by Gasteiger charge is -2.12. The third-order valence-corrected chi connectivity index (χ3v) is 5.43. The summed E-state index contributed by atoms with van der Waals surface area (Å²) in [5.74, 6) is -0.123. The molecule has 6 nitrogen and oxygen atoms in total. The summed E-state index contributed by atoms with van der Waals surface area (Å²) < 4.78 is 9.40. The van der Waals surface area contributed by atoms with Crippen LogP contribution in [0.1, 0.15) is 38.6 Å². The fourth-order valence-corrected chi connectivity index (χ4v) is 3.63.